The second-order valence-corrected chi connectivity index (χ2v) is 15.9. The van der Waals surface area contributed by atoms with E-state index in [0.29, 0.717) is 0 Å². The summed E-state index contributed by atoms with van der Waals surface area (Å²) in [6.45, 7) is 7.03. The number of unbranched alkanes of at least 4 members (excludes halogenated alkanes) is 13. The van der Waals surface area contributed by atoms with Crippen LogP contribution < -0.4 is 0 Å². The third-order valence-corrected chi connectivity index (χ3v) is 11.0. The van der Waals surface area contributed by atoms with Crippen LogP contribution in [0.1, 0.15) is 145 Å². The van der Waals surface area contributed by atoms with Gasteiger partial charge in [-0.1, -0.05) is 212 Å². The maximum absolute atomic E-state index is 9.84. The minimum atomic E-state index is -1.90. The van der Waals surface area contributed by atoms with Gasteiger partial charge >= 0.3 is 7.32 Å². The van der Waals surface area contributed by atoms with Crippen LogP contribution in [0.25, 0.3) is 0 Å². The third kappa shape index (κ3) is 16.7. The van der Waals surface area contributed by atoms with Gasteiger partial charge in [0.2, 0.25) is 0 Å². The molecule has 0 bridgehead atoms. The molecule has 1 unspecified atom stereocenters. The molecule has 4 rings (SSSR count). The topological polar surface area (TPSA) is 49.7 Å². The Morgan fingerprint density at radius 3 is 1.33 bits per heavy atom. The van der Waals surface area contributed by atoms with Crippen molar-refractivity contribution in [1.82, 2.24) is 0 Å². The van der Waals surface area contributed by atoms with E-state index in [1.165, 1.54) is 126 Å². The second kappa shape index (κ2) is 26.6. The van der Waals surface area contributed by atoms with Crippen molar-refractivity contribution in [2.75, 3.05) is 27.2 Å². The van der Waals surface area contributed by atoms with Crippen molar-refractivity contribution in [3.05, 3.63) is 144 Å². The van der Waals surface area contributed by atoms with E-state index in [2.05, 4.69) is 70.4 Å². The van der Waals surface area contributed by atoms with Gasteiger partial charge in [-0.2, -0.15) is 0 Å². The lowest BCUT2D eigenvalue weighted by Crippen LogP contribution is -2.43. The van der Waals surface area contributed by atoms with Crippen molar-refractivity contribution < 1.29 is 19.2 Å². The molecular weight excluding hydrogens is 661 g/mol. The fourth-order valence-electron chi connectivity index (χ4n) is 7.97. The van der Waals surface area contributed by atoms with Crippen LogP contribution in [0.5, 0.6) is 0 Å². The third-order valence-electron chi connectivity index (χ3n) is 11.0. The number of nitrogens with zero attached hydrogens (tertiary/aromatic N) is 1. The Labute approximate surface area is 330 Å². The smallest absolute Gasteiger partial charge is 0.402 e. The van der Waals surface area contributed by atoms with Crippen molar-refractivity contribution in [2.45, 2.75) is 135 Å². The molecule has 54 heavy (non-hydrogen) atoms. The van der Waals surface area contributed by atoms with Crippen LogP contribution in [0.2, 0.25) is 0 Å². The lowest BCUT2D eigenvalue weighted by Gasteiger charge is -2.42. The Bertz CT molecular complexity index is 1410. The lowest BCUT2D eigenvalue weighted by molar-refractivity contribution is -0.890. The highest BCUT2D eigenvalue weighted by Gasteiger charge is 2.45. The number of benzene rings is 4. The average molecular weight is 735 g/mol. The van der Waals surface area contributed by atoms with E-state index in [9.17, 15) is 10.0 Å². The summed E-state index contributed by atoms with van der Waals surface area (Å²) in [4.78, 5) is 0. The molecule has 0 aliphatic heterocycles. The molecule has 0 aliphatic rings. The van der Waals surface area contributed by atoms with Crippen LogP contribution in [0, 0.1) is 0 Å². The first-order valence-electron chi connectivity index (χ1n) is 21.4. The minimum Gasteiger partial charge on any atom is -0.402 e. The fraction of sp³-hybridized carbons (Fsp3) is 0.510. The van der Waals surface area contributed by atoms with E-state index in [4.69, 9.17) is 4.65 Å². The van der Waals surface area contributed by atoms with Crippen molar-refractivity contribution in [2.24, 2.45) is 0 Å². The predicted molar refractivity (Wildman–Crippen MR) is 231 cm³/mol. The maximum atomic E-state index is 9.84. The monoisotopic (exact) mass is 735 g/mol. The Morgan fingerprint density at radius 2 is 0.907 bits per heavy atom. The fourth-order valence-corrected chi connectivity index (χ4v) is 7.97. The molecule has 4 aromatic rings. The van der Waals surface area contributed by atoms with E-state index < -0.39 is 12.9 Å². The number of aryl methyl sites for hydroxylation is 1. The average Bonchev–Trinajstić information content (AvgIpc) is 3.19. The van der Waals surface area contributed by atoms with E-state index in [-0.39, 0.29) is 5.92 Å². The molecule has 0 saturated heterocycles. The lowest BCUT2D eigenvalue weighted by atomic mass is 9.71. The first-order valence-corrected chi connectivity index (χ1v) is 21.4. The maximum Gasteiger partial charge on any atom is 0.634 e. The molecule has 0 fully saturated rings. The molecular formula is C49H73BNO3+. The molecule has 0 aliphatic carbocycles. The first-order chi connectivity index (χ1) is 26.3. The Balaban J connectivity index is 0.000000291. The summed E-state index contributed by atoms with van der Waals surface area (Å²) in [5.74, 6) is -0.102. The largest absolute Gasteiger partial charge is 0.634 e. The van der Waals surface area contributed by atoms with Gasteiger partial charge in [-0.15, -0.1) is 0 Å². The number of hydrogen-bond donors (Lipinski definition) is 2. The molecule has 2 N–H and O–H groups in total. The van der Waals surface area contributed by atoms with Gasteiger partial charge < -0.3 is 19.2 Å². The molecule has 0 amide bonds. The van der Waals surface area contributed by atoms with Crippen LogP contribution in [-0.2, 0) is 16.7 Å². The van der Waals surface area contributed by atoms with E-state index in [1.807, 2.05) is 78.9 Å². The summed E-state index contributed by atoms with van der Waals surface area (Å²) < 4.78 is 7.11. The molecule has 294 valence electrons. The van der Waals surface area contributed by atoms with E-state index >= 15 is 0 Å². The van der Waals surface area contributed by atoms with Crippen molar-refractivity contribution in [3.8, 4) is 0 Å². The Kier molecular flexibility index (Phi) is 22.2. The molecule has 0 spiro atoms. The predicted octanol–water partition coefficient (Wildman–Crippen LogP) is 12.3. The van der Waals surface area contributed by atoms with E-state index in [1.54, 1.807) is 0 Å². The normalized spacial score (nSPS) is 12.2. The molecule has 1 atom stereocenters. The second-order valence-electron chi connectivity index (χ2n) is 15.9. The van der Waals surface area contributed by atoms with Gasteiger partial charge in [0, 0.05) is 12.3 Å². The Hall–Kier alpha value is -3.22. The minimum absolute atomic E-state index is 0.102. The van der Waals surface area contributed by atoms with Gasteiger partial charge in [-0.05, 0) is 47.9 Å². The summed E-state index contributed by atoms with van der Waals surface area (Å²) in [6, 6.07) is 40.6. The zero-order valence-corrected chi connectivity index (χ0v) is 34.4. The van der Waals surface area contributed by atoms with Crippen LogP contribution in [-0.4, -0.2) is 49.0 Å². The highest BCUT2D eigenvalue weighted by atomic mass is 16.6. The van der Waals surface area contributed by atoms with Crippen molar-refractivity contribution >= 4 is 7.32 Å². The molecule has 4 aromatic carbocycles. The van der Waals surface area contributed by atoms with Crippen LogP contribution in [0.4, 0.5) is 0 Å². The summed E-state index contributed by atoms with van der Waals surface area (Å²) >= 11 is 0. The first kappa shape index (κ1) is 45.2. The van der Waals surface area contributed by atoms with Gasteiger partial charge in [0.1, 0.15) is 5.60 Å². The molecule has 0 aromatic heterocycles. The number of quaternary nitrogens is 1. The Morgan fingerprint density at radius 1 is 0.519 bits per heavy atom. The standard InChI is InChI=1S/C27H50N.C22H23BO3/c1-4-5-6-7-8-9-10-11-12-13-14-15-16-20-25-28(2,3)26-21-24-27-22-18-17-19-23-27;1-2-21(18-12-6-3-7-13-18)22(26-23(24)25,19-14-8-4-9-15-19)20-16-10-5-11-17-20/h17-19,22-23H,4-16,20-21,24-26H2,1-3H3;3-17,21,24-25H,2H2,1H3/q+1;. The van der Waals surface area contributed by atoms with Gasteiger partial charge in [0.05, 0.1) is 27.2 Å². The van der Waals surface area contributed by atoms with Gasteiger partial charge in [-0.3, -0.25) is 0 Å². The van der Waals surface area contributed by atoms with Gasteiger partial charge in [0.15, 0.2) is 0 Å². The molecule has 0 heterocycles. The van der Waals surface area contributed by atoms with E-state index in [0.717, 1.165) is 23.1 Å². The van der Waals surface area contributed by atoms with Crippen LogP contribution in [0.15, 0.2) is 121 Å². The summed E-state index contributed by atoms with van der Waals surface area (Å²) in [5.41, 5.74) is 3.32. The van der Waals surface area contributed by atoms with Crippen molar-refractivity contribution in [3.63, 3.8) is 0 Å². The van der Waals surface area contributed by atoms with Crippen LogP contribution >= 0.6 is 0 Å². The number of hydrogen-bond acceptors (Lipinski definition) is 3. The van der Waals surface area contributed by atoms with Crippen LogP contribution in [0.3, 0.4) is 0 Å². The molecule has 5 heteroatoms. The molecule has 4 nitrogen and oxygen atoms in total. The zero-order chi connectivity index (χ0) is 38.7. The zero-order valence-electron chi connectivity index (χ0n) is 34.4. The molecule has 0 saturated carbocycles. The highest BCUT2D eigenvalue weighted by Crippen LogP contribution is 2.47. The summed E-state index contributed by atoms with van der Waals surface area (Å²) in [5, 5.41) is 19.7. The quantitative estimate of drug-likeness (QED) is 0.0384. The molecule has 0 radical (unpaired) electrons. The van der Waals surface area contributed by atoms with Crippen molar-refractivity contribution in [1.29, 1.82) is 0 Å². The number of rotatable bonds is 26. The summed E-state index contributed by atoms with van der Waals surface area (Å²) in [6.07, 6.45) is 23.6. The summed E-state index contributed by atoms with van der Waals surface area (Å²) in [7, 11) is 2.92. The van der Waals surface area contributed by atoms with Gasteiger partial charge in [-0.25, -0.2) is 0 Å². The highest BCUT2D eigenvalue weighted by molar-refractivity contribution is 6.32. The van der Waals surface area contributed by atoms with Gasteiger partial charge in [0.25, 0.3) is 0 Å². The SMILES string of the molecule is CCC(c1ccccc1)C(OB(O)O)(c1ccccc1)c1ccccc1.CCCCCCCCCCCCCCCC[N+](C)(C)CCCc1ccccc1.